The maximum absolute atomic E-state index is 12.2. The minimum atomic E-state index is -0.123. The van der Waals surface area contributed by atoms with Gasteiger partial charge in [-0.2, -0.15) is 0 Å². The number of anilines is 1. The second-order valence-corrected chi connectivity index (χ2v) is 4.58. The summed E-state index contributed by atoms with van der Waals surface area (Å²) in [5, 5.41) is 2.98. The first-order valence-corrected chi connectivity index (χ1v) is 6.71. The summed E-state index contributed by atoms with van der Waals surface area (Å²) < 4.78 is 10.8. The van der Waals surface area contributed by atoms with Crippen LogP contribution >= 0.6 is 0 Å². The van der Waals surface area contributed by atoms with Gasteiger partial charge >= 0.3 is 0 Å². The highest BCUT2D eigenvalue weighted by Gasteiger charge is 2.20. The maximum atomic E-state index is 12.2. The molecule has 1 saturated heterocycles. The topological polar surface area (TPSA) is 76.6 Å². The summed E-state index contributed by atoms with van der Waals surface area (Å²) in [4.78, 5) is 22.0. The van der Waals surface area contributed by atoms with Crippen LogP contribution in [-0.4, -0.2) is 66.8 Å². The van der Waals surface area contributed by atoms with E-state index in [0.29, 0.717) is 37.9 Å². The monoisotopic (exact) mass is 280 g/mol. The Morgan fingerprint density at radius 3 is 2.80 bits per heavy atom. The van der Waals surface area contributed by atoms with Crippen LogP contribution in [0.25, 0.3) is 0 Å². The number of nitrogens with zero attached hydrogens (tertiary/aromatic N) is 3. The summed E-state index contributed by atoms with van der Waals surface area (Å²) >= 11 is 0. The van der Waals surface area contributed by atoms with Crippen LogP contribution in [-0.2, 0) is 9.47 Å². The van der Waals surface area contributed by atoms with Crippen LogP contribution in [0.3, 0.4) is 0 Å². The molecule has 1 fully saturated rings. The summed E-state index contributed by atoms with van der Waals surface area (Å²) in [6, 6.07) is 0. The Kier molecular flexibility index (Phi) is 5.25. The minimum absolute atomic E-state index is 0.0698. The van der Waals surface area contributed by atoms with E-state index in [4.69, 9.17) is 9.47 Å². The average molecular weight is 280 g/mol. The maximum Gasteiger partial charge on any atom is 0.256 e. The summed E-state index contributed by atoms with van der Waals surface area (Å²) in [5.41, 5.74) is 0.464. The molecule has 20 heavy (non-hydrogen) atoms. The van der Waals surface area contributed by atoms with Crippen molar-refractivity contribution in [1.82, 2.24) is 14.9 Å². The quantitative estimate of drug-likeness (QED) is 0.841. The SMILES string of the molecule is CCNc1ncc(C(=O)N(C)C[C@@H]2COCCO2)cn1. The third-order valence-electron chi connectivity index (χ3n) is 2.94. The lowest BCUT2D eigenvalue weighted by Crippen LogP contribution is -2.40. The zero-order chi connectivity index (χ0) is 14.4. The van der Waals surface area contributed by atoms with Gasteiger partial charge in [0.25, 0.3) is 5.91 Å². The normalized spacial score (nSPS) is 18.6. The fourth-order valence-electron chi connectivity index (χ4n) is 1.94. The summed E-state index contributed by atoms with van der Waals surface area (Å²) in [6.07, 6.45) is 2.99. The molecule has 1 atom stereocenters. The number of likely N-dealkylation sites (N-methyl/N-ethyl adjacent to an activating group) is 1. The molecule has 0 aliphatic carbocycles. The Labute approximate surface area is 118 Å². The van der Waals surface area contributed by atoms with Crippen LogP contribution in [0.1, 0.15) is 17.3 Å². The second-order valence-electron chi connectivity index (χ2n) is 4.58. The third kappa shape index (κ3) is 3.88. The second kappa shape index (κ2) is 7.16. The van der Waals surface area contributed by atoms with Gasteiger partial charge < -0.3 is 19.7 Å². The Bertz CT molecular complexity index is 432. The molecule has 0 radical (unpaired) electrons. The summed E-state index contributed by atoms with van der Waals surface area (Å²) in [7, 11) is 1.73. The fourth-order valence-corrected chi connectivity index (χ4v) is 1.94. The molecular weight excluding hydrogens is 260 g/mol. The van der Waals surface area contributed by atoms with E-state index in [1.807, 2.05) is 6.92 Å². The zero-order valence-corrected chi connectivity index (χ0v) is 11.8. The molecule has 0 unspecified atom stereocenters. The average Bonchev–Trinajstić information content (AvgIpc) is 2.48. The van der Waals surface area contributed by atoms with Crippen molar-refractivity contribution >= 4 is 11.9 Å². The van der Waals surface area contributed by atoms with E-state index >= 15 is 0 Å². The lowest BCUT2D eigenvalue weighted by atomic mass is 10.2. The molecule has 110 valence electrons. The van der Waals surface area contributed by atoms with Crippen LogP contribution in [0.15, 0.2) is 12.4 Å². The molecule has 7 heteroatoms. The lowest BCUT2D eigenvalue weighted by Gasteiger charge is -2.27. The van der Waals surface area contributed by atoms with Crippen molar-refractivity contribution in [3.05, 3.63) is 18.0 Å². The van der Waals surface area contributed by atoms with Crippen molar-refractivity contribution < 1.29 is 14.3 Å². The molecule has 1 aromatic rings. The number of amides is 1. The van der Waals surface area contributed by atoms with E-state index in [0.717, 1.165) is 6.54 Å². The Morgan fingerprint density at radius 1 is 1.45 bits per heavy atom. The lowest BCUT2D eigenvalue weighted by molar-refractivity contribution is -0.0933. The molecule has 1 amide bonds. The van der Waals surface area contributed by atoms with E-state index in [9.17, 15) is 4.79 Å². The van der Waals surface area contributed by atoms with Crippen LogP contribution in [0, 0.1) is 0 Å². The molecule has 1 aromatic heterocycles. The molecule has 2 rings (SSSR count). The van der Waals surface area contributed by atoms with E-state index in [2.05, 4.69) is 15.3 Å². The van der Waals surface area contributed by atoms with E-state index in [-0.39, 0.29) is 12.0 Å². The first kappa shape index (κ1) is 14.7. The molecule has 0 bridgehead atoms. The van der Waals surface area contributed by atoms with Crippen LogP contribution in [0.5, 0.6) is 0 Å². The molecule has 1 aliphatic rings. The molecule has 0 aromatic carbocycles. The highest BCUT2D eigenvalue weighted by atomic mass is 16.6. The van der Waals surface area contributed by atoms with Gasteiger partial charge in [-0.1, -0.05) is 0 Å². The van der Waals surface area contributed by atoms with Crippen molar-refractivity contribution in [1.29, 1.82) is 0 Å². The predicted molar refractivity (Wildman–Crippen MR) is 73.7 cm³/mol. The Balaban J connectivity index is 1.91. The zero-order valence-electron chi connectivity index (χ0n) is 11.8. The van der Waals surface area contributed by atoms with Gasteiger partial charge in [0.15, 0.2) is 0 Å². The van der Waals surface area contributed by atoms with Gasteiger partial charge in [-0.15, -0.1) is 0 Å². The minimum Gasteiger partial charge on any atom is -0.376 e. The first-order valence-electron chi connectivity index (χ1n) is 6.71. The molecule has 0 saturated carbocycles. The smallest absolute Gasteiger partial charge is 0.256 e. The summed E-state index contributed by atoms with van der Waals surface area (Å²) in [5.74, 6) is 0.401. The van der Waals surface area contributed by atoms with Crippen molar-refractivity contribution in [2.45, 2.75) is 13.0 Å². The Morgan fingerprint density at radius 2 is 2.20 bits per heavy atom. The molecule has 1 aliphatic heterocycles. The predicted octanol–water partition coefficient (Wildman–Crippen LogP) is 0.396. The largest absolute Gasteiger partial charge is 0.376 e. The van der Waals surface area contributed by atoms with Crippen LogP contribution < -0.4 is 5.32 Å². The van der Waals surface area contributed by atoms with Gasteiger partial charge in [0, 0.05) is 32.5 Å². The van der Waals surface area contributed by atoms with Gasteiger partial charge in [0.05, 0.1) is 31.5 Å². The van der Waals surface area contributed by atoms with Gasteiger partial charge in [0.2, 0.25) is 5.95 Å². The highest BCUT2D eigenvalue weighted by Crippen LogP contribution is 2.07. The standard InChI is InChI=1S/C13H20N4O3/c1-3-14-13-15-6-10(7-16-13)12(18)17(2)8-11-9-19-4-5-20-11/h6-7,11H,3-5,8-9H2,1-2H3,(H,14,15,16)/t11-/m1/s1. The number of nitrogens with one attached hydrogen (secondary N) is 1. The number of ether oxygens (including phenoxy) is 2. The third-order valence-corrected chi connectivity index (χ3v) is 2.94. The number of carbonyl (C=O) groups excluding carboxylic acids is 1. The summed E-state index contributed by atoms with van der Waals surface area (Å²) in [6.45, 7) is 4.91. The van der Waals surface area contributed by atoms with Gasteiger partial charge in [-0.05, 0) is 6.92 Å². The van der Waals surface area contributed by atoms with Crippen molar-refractivity contribution in [2.75, 3.05) is 45.3 Å². The van der Waals surface area contributed by atoms with Gasteiger partial charge in [0.1, 0.15) is 0 Å². The first-order chi connectivity index (χ1) is 9.70. The number of hydrogen-bond acceptors (Lipinski definition) is 6. The van der Waals surface area contributed by atoms with Gasteiger partial charge in [-0.25, -0.2) is 9.97 Å². The molecule has 0 spiro atoms. The van der Waals surface area contributed by atoms with E-state index in [1.165, 1.54) is 12.4 Å². The fraction of sp³-hybridized carbons (Fsp3) is 0.615. The number of aromatic nitrogens is 2. The molecular formula is C13H20N4O3. The Hall–Kier alpha value is -1.73. The molecule has 1 N–H and O–H groups in total. The van der Waals surface area contributed by atoms with Crippen molar-refractivity contribution in [3.63, 3.8) is 0 Å². The number of carbonyl (C=O) groups is 1. The number of rotatable bonds is 5. The van der Waals surface area contributed by atoms with E-state index in [1.54, 1.807) is 11.9 Å². The van der Waals surface area contributed by atoms with E-state index < -0.39 is 0 Å². The van der Waals surface area contributed by atoms with Crippen LogP contribution in [0.4, 0.5) is 5.95 Å². The number of hydrogen-bond donors (Lipinski definition) is 1. The van der Waals surface area contributed by atoms with Crippen molar-refractivity contribution in [2.24, 2.45) is 0 Å². The van der Waals surface area contributed by atoms with Gasteiger partial charge in [-0.3, -0.25) is 4.79 Å². The highest BCUT2D eigenvalue weighted by molar-refractivity contribution is 5.93. The van der Waals surface area contributed by atoms with Crippen molar-refractivity contribution in [3.8, 4) is 0 Å². The van der Waals surface area contributed by atoms with Crippen LogP contribution in [0.2, 0.25) is 0 Å². The molecule has 7 nitrogen and oxygen atoms in total. The molecule has 2 heterocycles.